The van der Waals surface area contributed by atoms with E-state index >= 15 is 0 Å². The third-order valence-corrected chi connectivity index (χ3v) is 2.18. The van der Waals surface area contributed by atoms with Gasteiger partial charge >= 0.3 is 0 Å². The highest BCUT2D eigenvalue weighted by molar-refractivity contribution is 5.84. The zero-order valence-electron chi connectivity index (χ0n) is 8.48. The summed E-state index contributed by atoms with van der Waals surface area (Å²) in [5.41, 5.74) is 1.48. The van der Waals surface area contributed by atoms with Crippen LogP contribution in [-0.4, -0.2) is 21.6 Å². The van der Waals surface area contributed by atoms with Crippen molar-refractivity contribution in [3.8, 4) is 5.75 Å². The number of aliphatic hydroxyl groups excluding tert-OH is 1. The van der Waals surface area contributed by atoms with Crippen LogP contribution < -0.4 is 17.0 Å². The molecule has 0 aromatic carbocycles. The number of aliphatic hydroxyl groups is 1. The first-order valence-corrected chi connectivity index (χ1v) is 4.11. The van der Waals surface area contributed by atoms with Gasteiger partial charge in [-0.15, -0.1) is 0 Å². The smallest absolute Gasteiger partial charge is 0.220 e. The Morgan fingerprint density at radius 3 is 2.60 bits per heavy atom. The second kappa shape index (κ2) is 5.53. The Bertz CT molecular complexity index is 380. The highest BCUT2D eigenvalue weighted by atomic mass is 35.5. The maximum atomic E-state index is 9.69. The van der Waals surface area contributed by atoms with E-state index in [4.69, 9.17) is 10.3 Å². The standard InChI is InChI=1S/C9H12N2O3.ClH/c1-6-9(13)8(3-10-14)7(5-12)4-11(6)2;/h3-4,12-13H,5H2,1-2H3;1H. The number of pyridine rings is 1. The predicted octanol–water partition coefficient (Wildman–Crippen LogP) is -3.17. The lowest BCUT2D eigenvalue weighted by atomic mass is 10.1. The first kappa shape index (κ1) is 13.7. The quantitative estimate of drug-likeness (QED) is 0.218. The highest BCUT2D eigenvalue weighted by Gasteiger charge is 2.16. The molecule has 5 nitrogen and oxygen atoms in total. The molecule has 0 spiro atoms. The van der Waals surface area contributed by atoms with Crippen molar-refractivity contribution in [1.29, 1.82) is 0 Å². The van der Waals surface area contributed by atoms with Crippen LogP contribution >= 0.6 is 0 Å². The van der Waals surface area contributed by atoms with E-state index in [1.165, 1.54) is 0 Å². The zero-order chi connectivity index (χ0) is 10.7. The van der Waals surface area contributed by atoms with Crippen LogP contribution in [0.4, 0.5) is 0 Å². The van der Waals surface area contributed by atoms with E-state index in [1.54, 1.807) is 24.7 Å². The van der Waals surface area contributed by atoms with E-state index in [0.29, 0.717) is 16.8 Å². The molecule has 0 amide bonds. The van der Waals surface area contributed by atoms with Crippen molar-refractivity contribution in [2.24, 2.45) is 12.2 Å². The topological polar surface area (TPSA) is 76.9 Å². The van der Waals surface area contributed by atoms with Gasteiger partial charge in [0.1, 0.15) is 7.05 Å². The average molecular weight is 233 g/mol. The van der Waals surface area contributed by atoms with Gasteiger partial charge in [-0.25, -0.2) is 4.57 Å². The number of hydrogen-bond donors (Lipinski definition) is 3. The molecular weight excluding hydrogens is 220 g/mol. The summed E-state index contributed by atoms with van der Waals surface area (Å²) in [5, 5.41) is 29.9. The number of halogens is 1. The van der Waals surface area contributed by atoms with Crippen LogP contribution in [0, 0.1) is 6.92 Å². The Balaban J connectivity index is 0.00000196. The van der Waals surface area contributed by atoms with Gasteiger partial charge in [-0.3, -0.25) is 0 Å². The Morgan fingerprint density at radius 1 is 1.53 bits per heavy atom. The number of aromatic nitrogens is 1. The van der Waals surface area contributed by atoms with Gasteiger partial charge in [-0.05, 0) is 0 Å². The molecule has 0 radical (unpaired) electrons. The van der Waals surface area contributed by atoms with Crippen LogP contribution in [0.2, 0.25) is 0 Å². The van der Waals surface area contributed by atoms with E-state index < -0.39 is 0 Å². The molecule has 1 aromatic rings. The summed E-state index contributed by atoms with van der Waals surface area (Å²) < 4.78 is 1.69. The molecule has 0 fully saturated rings. The molecule has 0 unspecified atom stereocenters. The molecule has 1 aromatic heterocycles. The minimum absolute atomic E-state index is 0. The first-order valence-electron chi connectivity index (χ1n) is 4.11. The SMILES string of the molecule is Cc1c(O)c(C=NO)c(CO)c[n+]1C.[Cl-]. The Hall–Kier alpha value is -1.33. The normalized spacial score (nSPS) is 10.3. The summed E-state index contributed by atoms with van der Waals surface area (Å²) in [7, 11) is 1.76. The average Bonchev–Trinajstić information content (AvgIpc) is 2.19. The molecule has 0 bridgehead atoms. The number of hydrogen-bond acceptors (Lipinski definition) is 4. The number of oxime groups is 1. The van der Waals surface area contributed by atoms with E-state index in [-0.39, 0.29) is 24.8 Å². The molecule has 3 N–H and O–H groups in total. The maximum absolute atomic E-state index is 9.69. The molecule has 0 aliphatic heterocycles. The summed E-state index contributed by atoms with van der Waals surface area (Å²) in [4.78, 5) is 0. The lowest BCUT2D eigenvalue weighted by molar-refractivity contribution is -0.678. The second-order valence-electron chi connectivity index (χ2n) is 3.02. The van der Waals surface area contributed by atoms with E-state index in [1.807, 2.05) is 0 Å². The van der Waals surface area contributed by atoms with Gasteiger partial charge < -0.3 is 27.8 Å². The van der Waals surface area contributed by atoms with Gasteiger partial charge in [0.15, 0.2) is 11.9 Å². The van der Waals surface area contributed by atoms with Crippen LogP contribution in [0.15, 0.2) is 11.4 Å². The Labute approximate surface area is 93.7 Å². The monoisotopic (exact) mass is 232 g/mol. The third kappa shape index (κ3) is 2.57. The number of aromatic hydroxyl groups is 1. The van der Waals surface area contributed by atoms with Gasteiger partial charge in [-0.2, -0.15) is 0 Å². The van der Waals surface area contributed by atoms with E-state index in [9.17, 15) is 5.11 Å². The number of aryl methyl sites for hydroxylation is 1. The molecule has 1 heterocycles. The minimum atomic E-state index is -0.219. The van der Waals surface area contributed by atoms with Crippen LogP contribution in [0.5, 0.6) is 5.75 Å². The van der Waals surface area contributed by atoms with Crippen molar-refractivity contribution in [3.63, 3.8) is 0 Å². The van der Waals surface area contributed by atoms with Crippen molar-refractivity contribution >= 4 is 6.21 Å². The number of nitrogens with zero attached hydrogens (tertiary/aromatic N) is 2. The lowest BCUT2D eigenvalue weighted by Gasteiger charge is -2.05. The maximum Gasteiger partial charge on any atom is 0.220 e. The largest absolute Gasteiger partial charge is 1.00 e. The van der Waals surface area contributed by atoms with Crippen LogP contribution in [0.25, 0.3) is 0 Å². The van der Waals surface area contributed by atoms with E-state index in [2.05, 4.69) is 5.16 Å². The molecule has 0 saturated heterocycles. The van der Waals surface area contributed by atoms with Gasteiger partial charge in [0.2, 0.25) is 5.69 Å². The number of rotatable bonds is 2. The van der Waals surface area contributed by atoms with Crippen molar-refractivity contribution in [2.75, 3.05) is 0 Å². The summed E-state index contributed by atoms with van der Waals surface area (Å²) in [6.45, 7) is 1.51. The van der Waals surface area contributed by atoms with Gasteiger partial charge in [0, 0.05) is 6.92 Å². The summed E-state index contributed by atoms with van der Waals surface area (Å²) in [6, 6.07) is 0. The molecule has 0 atom stereocenters. The third-order valence-electron chi connectivity index (χ3n) is 2.18. The molecule has 0 aliphatic carbocycles. The Morgan fingerprint density at radius 2 is 2.13 bits per heavy atom. The second-order valence-corrected chi connectivity index (χ2v) is 3.02. The highest BCUT2D eigenvalue weighted by Crippen LogP contribution is 2.20. The summed E-state index contributed by atoms with van der Waals surface area (Å²) in [5.74, 6) is 0.0110. The summed E-state index contributed by atoms with van der Waals surface area (Å²) >= 11 is 0. The fraction of sp³-hybridized carbons (Fsp3) is 0.333. The van der Waals surface area contributed by atoms with Crippen LogP contribution in [-0.2, 0) is 13.7 Å². The molecule has 84 valence electrons. The summed E-state index contributed by atoms with van der Waals surface area (Å²) in [6.07, 6.45) is 2.78. The Kier molecular flexibility index (Phi) is 5.04. The minimum Gasteiger partial charge on any atom is -1.00 e. The van der Waals surface area contributed by atoms with E-state index in [0.717, 1.165) is 6.21 Å². The molecule has 15 heavy (non-hydrogen) atoms. The van der Waals surface area contributed by atoms with Crippen molar-refractivity contribution in [3.05, 3.63) is 23.0 Å². The molecular formula is C9H13ClN2O3. The molecule has 0 saturated carbocycles. The van der Waals surface area contributed by atoms with Gasteiger partial charge in [-0.1, -0.05) is 5.16 Å². The fourth-order valence-corrected chi connectivity index (χ4v) is 1.24. The first-order chi connectivity index (χ1) is 6.61. The predicted molar refractivity (Wildman–Crippen MR) is 49.3 cm³/mol. The van der Waals surface area contributed by atoms with Crippen molar-refractivity contribution in [2.45, 2.75) is 13.5 Å². The lowest BCUT2D eigenvalue weighted by Crippen LogP contribution is -3.00. The molecule has 6 heteroatoms. The van der Waals surface area contributed by atoms with Crippen molar-refractivity contribution in [1.82, 2.24) is 0 Å². The molecule has 1 rings (SSSR count). The van der Waals surface area contributed by atoms with Gasteiger partial charge in [0.05, 0.1) is 23.9 Å². The molecule has 0 aliphatic rings. The van der Waals surface area contributed by atoms with Crippen LogP contribution in [0.1, 0.15) is 16.8 Å². The van der Waals surface area contributed by atoms with Gasteiger partial charge in [0.25, 0.3) is 0 Å². The zero-order valence-corrected chi connectivity index (χ0v) is 9.23. The van der Waals surface area contributed by atoms with Crippen molar-refractivity contribution < 1.29 is 32.4 Å². The van der Waals surface area contributed by atoms with Crippen LogP contribution in [0.3, 0.4) is 0 Å². The fourth-order valence-electron chi connectivity index (χ4n) is 1.24.